The van der Waals surface area contributed by atoms with Gasteiger partial charge in [-0.15, -0.1) is 0 Å². The van der Waals surface area contributed by atoms with E-state index < -0.39 is 5.92 Å². The predicted octanol–water partition coefficient (Wildman–Crippen LogP) is 5.83. The standard InChI is InChI=1S/C25H21FN2O/c26-19-10-6-9-17(13-19)25-24-22(27-20-11-4-5-12-21(20)28-25)14-18(15-23(24)29)16-7-2-1-3-8-16/h1-13,18,24-25,28H,14-15H2. The smallest absolute Gasteiger partial charge is 0.144 e. The molecule has 1 aliphatic heterocycles. The van der Waals surface area contributed by atoms with Gasteiger partial charge in [-0.2, -0.15) is 0 Å². The van der Waals surface area contributed by atoms with Crippen LogP contribution in [0.5, 0.6) is 0 Å². The molecule has 3 unspecified atom stereocenters. The highest BCUT2D eigenvalue weighted by Gasteiger charge is 2.41. The number of hydrogen-bond donors (Lipinski definition) is 1. The highest BCUT2D eigenvalue weighted by atomic mass is 19.1. The first-order valence-corrected chi connectivity index (χ1v) is 9.95. The predicted molar refractivity (Wildman–Crippen MR) is 113 cm³/mol. The highest BCUT2D eigenvalue weighted by Crippen LogP contribution is 2.43. The van der Waals surface area contributed by atoms with Crippen LogP contribution in [0.4, 0.5) is 15.8 Å². The van der Waals surface area contributed by atoms with Gasteiger partial charge in [0.05, 0.1) is 23.3 Å². The molecule has 1 N–H and O–H groups in total. The van der Waals surface area contributed by atoms with Crippen LogP contribution in [0.25, 0.3) is 0 Å². The van der Waals surface area contributed by atoms with Crippen molar-refractivity contribution in [1.29, 1.82) is 0 Å². The fraction of sp³-hybridized carbons (Fsp3) is 0.200. The molecular formula is C25H21FN2O. The van der Waals surface area contributed by atoms with Gasteiger partial charge in [0.15, 0.2) is 0 Å². The lowest BCUT2D eigenvalue weighted by Gasteiger charge is -2.34. The number of rotatable bonds is 2. The van der Waals surface area contributed by atoms with Crippen molar-refractivity contribution in [3.63, 3.8) is 0 Å². The van der Waals surface area contributed by atoms with Gasteiger partial charge >= 0.3 is 0 Å². The summed E-state index contributed by atoms with van der Waals surface area (Å²) in [6.07, 6.45) is 1.19. The van der Waals surface area contributed by atoms with Crippen molar-refractivity contribution >= 4 is 22.9 Å². The first kappa shape index (κ1) is 17.8. The molecule has 2 aliphatic rings. The van der Waals surface area contributed by atoms with Crippen LogP contribution in [0, 0.1) is 11.7 Å². The van der Waals surface area contributed by atoms with E-state index in [1.165, 1.54) is 12.1 Å². The Morgan fingerprint density at radius 1 is 0.862 bits per heavy atom. The number of carbonyl (C=O) groups is 1. The Hall–Kier alpha value is -3.27. The van der Waals surface area contributed by atoms with E-state index in [0.29, 0.717) is 6.42 Å². The fourth-order valence-corrected chi connectivity index (χ4v) is 4.54. The van der Waals surface area contributed by atoms with Gasteiger partial charge in [-0.3, -0.25) is 9.79 Å². The normalized spacial score (nSPS) is 23.3. The molecule has 3 atom stereocenters. The number of para-hydroxylation sites is 2. The summed E-state index contributed by atoms with van der Waals surface area (Å²) >= 11 is 0. The molecular weight excluding hydrogens is 363 g/mol. The van der Waals surface area contributed by atoms with E-state index in [1.54, 1.807) is 6.07 Å². The molecule has 1 aliphatic carbocycles. The minimum absolute atomic E-state index is 0.122. The van der Waals surface area contributed by atoms with Gasteiger partial charge in [0.25, 0.3) is 0 Å². The van der Waals surface area contributed by atoms with Gasteiger partial charge in [-0.25, -0.2) is 4.39 Å². The Labute approximate surface area is 169 Å². The summed E-state index contributed by atoms with van der Waals surface area (Å²) < 4.78 is 14.0. The van der Waals surface area contributed by atoms with E-state index in [1.807, 2.05) is 48.5 Å². The Balaban J connectivity index is 1.61. The van der Waals surface area contributed by atoms with E-state index in [-0.39, 0.29) is 23.6 Å². The molecule has 0 aromatic heterocycles. The quantitative estimate of drug-likeness (QED) is 0.604. The van der Waals surface area contributed by atoms with Crippen LogP contribution in [-0.4, -0.2) is 11.5 Å². The number of benzene rings is 3. The van der Waals surface area contributed by atoms with Gasteiger partial charge < -0.3 is 5.32 Å². The SMILES string of the molecule is O=C1CC(c2ccccc2)CC2=Nc3ccccc3NC(c3cccc(F)c3)C12. The third-order valence-electron chi connectivity index (χ3n) is 5.90. The van der Waals surface area contributed by atoms with Crippen molar-refractivity contribution in [2.45, 2.75) is 24.8 Å². The number of Topliss-reactive ketones (excluding diaryl/α,β-unsaturated/α-hetero) is 1. The van der Waals surface area contributed by atoms with E-state index in [2.05, 4.69) is 17.4 Å². The molecule has 29 heavy (non-hydrogen) atoms. The number of fused-ring (bicyclic) bond motifs is 2. The number of halogens is 1. The largest absolute Gasteiger partial charge is 0.375 e. The number of hydrogen-bond acceptors (Lipinski definition) is 3. The number of nitrogens with zero attached hydrogens (tertiary/aromatic N) is 1. The number of carbonyl (C=O) groups excluding carboxylic acids is 1. The lowest BCUT2D eigenvalue weighted by atomic mass is 9.72. The molecule has 4 heteroatoms. The topological polar surface area (TPSA) is 41.5 Å². The Morgan fingerprint density at radius 3 is 2.45 bits per heavy atom. The Bertz CT molecular complexity index is 1090. The van der Waals surface area contributed by atoms with Gasteiger partial charge in [-0.1, -0.05) is 54.6 Å². The molecule has 3 nitrogen and oxygen atoms in total. The number of ketones is 1. The molecule has 1 heterocycles. The first-order chi connectivity index (χ1) is 14.2. The van der Waals surface area contributed by atoms with Crippen LogP contribution < -0.4 is 5.32 Å². The maximum Gasteiger partial charge on any atom is 0.144 e. The molecule has 0 spiro atoms. The Kier molecular flexibility index (Phi) is 4.47. The number of anilines is 1. The van der Waals surface area contributed by atoms with Gasteiger partial charge in [0.1, 0.15) is 11.6 Å². The minimum atomic E-state index is -0.399. The number of nitrogens with one attached hydrogen (secondary N) is 1. The second kappa shape index (κ2) is 7.28. The van der Waals surface area contributed by atoms with Crippen molar-refractivity contribution in [2.24, 2.45) is 10.9 Å². The highest BCUT2D eigenvalue weighted by molar-refractivity contribution is 6.10. The third-order valence-corrected chi connectivity index (χ3v) is 5.90. The summed E-state index contributed by atoms with van der Waals surface area (Å²) in [6, 6.07) is 24.1. The monoisotopic (exact) mass is 384 g/mol. The van der Waals surface area contributed by atoms with E-state index in [4.69, 9.17) is 4.99 Å². The summed E-state index contributed by atoms with van der Waals surface area (Å²) in [5.41, 5.74) is 4.50. The second-order valence-electron chi connectivity index (χ2n) is 7.76. The van der Waals surface area contributed by atoms with Crippen LogP contribution in [0.2, 0.25) is 0 Å². The summed E-state index contributed by atoms with van der Waals surface area (Å²) in [5.74, 6) is -0.426. The fourth-order valence-electron chi connectivity index (χ4n) is 4.54. The summed E-state index contributed by atoms with van der Waals surface area (Å²) in [4.78, 5) is 18.3. The maximum atomic E-state index is 14.0. The lowest BCUT2D eigenvalue weighted by molar-refractivity contribution is -0.122. The van der Waals surface area contributed by atoms with Crippen molar-refractivity contribution in [3.8, 4) is 0 Å². The van der Waals surface area contributed by atoms with Gasteiger partial charge in [0.2, 0.25) is 0 Å². The summed E-state index contributed by atoms with van der Waals surface area (Å²) in [5, 5.41) is 3.49. The van der Waals surface area contributed by atoms with Crippen molar-refractivity contribution < 1.29 is 9.18 Å². The van der Waals surface area contributed by atoms with E-state index in [9.17, 15) is 9.18 Å². The molecule has 144 valence electrons. The van der Waals surface area contributed by atoms with Crippen LogP contribution >= 0.6 is 0 Å². The minimum Gasteiger partial charge on any atom is -0.375 e. The molecule has 0 amide bonds. The van der Waals surface area contributed by atoms with Crippen molar-refractivity contribution in [3.05, 3.63) is 95.8 Å². The zero-order valence-electron chi connectivity index (χ0n) is 15.9. The van der Waals surface area contributed by atoms with Gasteiger partial charge in [-0.05, 0) is 47.7 Å². The van der Waals surface area contributed by atoms with Crippen LogP contribution in [-0.2, 0) is 4.79 Å². The first-order valence-electron chi connectivity index (χ1n) is 9.95. The van der Waals surface area contributed by atoms with Crippen LogP contribution in [0.3, 0.4) is 0 Å². The summed E-state index contributed by atoms with van der Waals surface area (Å²) in [7, 11) is 0. The molecule has 0 saturated heterocycles. The molecule has 1 saturated carbocycles. The zero-order valence-corrected chi connectivity index (χ0v) is 15.9. The van der Waals surface area contributed by atoms with Crippen molar-refractivity contribution in [2.75, 3.05) is 5.32 Å². The number of aliphatic imine (C=N–C) groups is 1. The molecule has 0 radical (unpaired) electrons. The lowest BCUT2D eigenvalue weighted by Crippen LogP contribution is -2.38. The summed E-state index contributed by atoms with van der Waals surface area (Å²) in [6.45, 7) is 0. The van der Waals surface area contributed by atoms with Gasteiger partial charge in [0, 0.05) is 12.1 Å². The average Bonchev–Trinajstić information content (AvgIpc) is 2.91. The van der Waals surface area contributed by atoms with Crippen molar-refractivity contribution in [1.82, 2.24) is 0 Å². The molecule has 5 rings (SSSR count). The molecule has 3 aromatic rings. The second-order valence-corrected chi connectivity index (χ2v) is 7.76. The third kappa shape index (κ3) is 3.35. The Morgan fingerprint density at radius 2 is 1.62 bits per heavy atom. The molecule has 1 fully saturated rings. The maximum absolute atomic E-state index is 14.0. The van der Waals surface area contributed by atoms with Crippen LogP contribution in [0.15, 0.2) is 83.9 Å². The zero-order chi connectivity index (χ0) is 19.8. The molecule has 3 aromatic carbocycles. The van der Waals surface area contributed by atoms with Crippen LogP contribution in [0.1, 0.15) is 35.9 Å². The van der Waals surface area contributed by atoms with E-state index >= 15 is 0 Å². The average molecular weight is 384 g/mol. The van der Waals surface area contributed by atoms with E-state index in [0.717, 1.165) is 34.6 Å². The molecule has 0 bridgehead atoms.